The summed E-state index contributed by atoms with van der Waals surface area (Å²) in [4.78, 5) is 0. The largest absolute Gasteiger partial charge is 0.356 e. The van der Waals surface area contributed by atoms with Crippen LogP contribution in [0.25, 0.3) is 0 Å². The maximum atomic E-state index is 5.15. The molecule has 0 aliphatic heterocycles. The molecule has 0 aliphatic carbocycles. The van der Waals surface area contributed by atoms with Gasteiger partial charge in [0.15, 0.2) is 0 Å². The SMILES string of the molecule is CC#CCOCC#Cc1ccccc1. The van der Waals surface area contributed by atoms with Gasteiger partial charge in [-0.05, 0) is 19.1 Å². The lowest BCUT2D eigenvalue weighted by Gasteiger charge is -1.89. The van der Waals surface area contributed by atoms with Crippen LogP contribution in [-0.2, 0) is 4.74 Å². The fraction of sp³-hybridized carbons (Fsp3) is 0.231. The van der Waals surface area contributed by atoms with E-state index in [4.69, 9.17) is 4.74 Å². The van der Waals surface area contributed by atoms with Crippen LogP contribution in [-0.4, -0.2) is 13.2 Å². The molecule has 70 valence electrons. The minimum absolute atomic E-state index is 0.434. The lowest BCUT2D eigenvalue weighted by Crippen LogP contribution is -1.90. The van der Waals surface area contributed by atoms with E-state index in [0.29, 0.717) is 13.2 Å². The van der Waals surface area contributed by atoms with Crippen molar-refractivity contribution < 1.29 is 4.74 Å². The minimum atomic E-state index is 0.434. The predicted octanol–water partition coefficient (Wildman–Crippen LogP) is 2.08. The topological polar surface area (TPSA) is 9.23 Å². The highest BCUT2D eigenvalue weighted by molar-refractivity contribution is 5.33. The van der Waals surface area contributed by atoms with Crippen LogP contribution in [0.5, 0.6) is 0 Å². The van der Waals surface area contributed by atoms with E-state index in [0.717, 1.165) is 5.56 Å². The first-order valence-electron chi connectivity index (χ1n) is 4.45. The van der Waals surface area contributed by atoms with Gasteiger partial charge in [-0.15, -0.1) is 5.92 Å². The fourth-order valence-electron chi connectivity index (χ4n) is 0.885. The summed E-state index contributed by atoms with van der Waals surface area (Å²) in [6.45, 7) is 2.68. The number of benzene rings is 1. The molecule has 1 nitrogen and oxygen atoms in total. The molecule has 1 aromatic carbocycles. The Hall–Kier alpha value is -1.70. The summed E-state index contributed by atoms with van der Waals surface area (Å²) >= 11 is 0. The van der Waals surface area contributed by atoms with Crippen LogP contribution in [0.4, 0.5) is 0 Å². The summed E-state index contributed by atoms with van der Waals surface area (Å²) in [5.41, 5.74) is 1.01. The normalized spacial score (nSPS) is 8.07. The Kier molecular flexibility index (Phi) is 5.03. The van der Waals surface area contributed by atoms with Crippen molar-refractivity contribution >= 4 is 0 Å². The van der Waals surface area contributed by atoms with Gasteiger partial charge >= 0.3 is 0 Å². The Balaban J connectivity index is 2.30. The van der Waals surface area contributed by atoms with Gasteiger partial charge in [-0.1, -0.05) is 36.0 Å². The molecule has 0 fully saturated rings. The first-order chi connectivity index (χ1) is 6.93. The highest BCUT2D eigenvalue weighted by atomic mass is 16.5. The summed E-state index contributed by atoms with van der Waals surface area (Å²) in [5, 5.41) is 0. The molecule has 0 spiro atoms. The molecule has 0 atom stereocenters. The van der Waals surface area contributed by atoms with Crippen molar-refractivity contribution in [3.8, 4) is 23.7 Å². The van der Waals surface area contributed by atoms with Crippen LogP contribution in [0.1, 0.15) is 12.5 Å². The highest BCUT2D eigenvalue weighted by Gasteiger charge is 1.81. The molecule has 0 heterocycles. The van der Waals surface area contributed by atoms with Gasteiger partial charge in [-0.2, -0.15) is 0 Å². The Morgan fingerprint density at radius 2 is 1.79 bits per heavy atom. The molecule has 0 unspecified atom stereocenters. The summed E-state index contributed by atoms with van der Waals surface area (Å²) in [6.07, 6.45) is 0. The Morgan fingerprint density at radius 1 is 1.07 bits per heavy atom. The van der Waals surface area contributed by atoms with Crippen molar-refractivity contribution in [2.75, 3.05) is 13.2 Å². The van der Waals surface area contributed by atoms with E-state index in [9.17, 15) is 0 Å². The van der Waals surface area contributed by atoms with Gasteiger partial charge < -0.3 is 4.74 Å². The van der Waals surface area contributed by atoms with Crippen LogP contribution in [0.3, 0.4) is 0 Å². The first kappa shape index (κ1) is 10.4. The molecule has 0 saturated carbocycles. The second-order valence-corrected chi connectivity index (χ2v) is 2.59. The lowest BCUT2D eigenvalue weighted by molar-refractivity contribution is 0.204. The van der Waals surface area contributed by atoms with Gasteiger partial charge in [-0.3, -0.25) is 0 Å². The summed E-state index contributed by atoms with van der Waals surface area (Å²) in [6, 6.07) is 9.84. The number of hydrogen-bond donors (Lipinski definition) is 0. The van der Waals surface area contributed by atoms with Crippen molar-refractivity contribution in [2.24, 2.45) is 0 Å². The zero-order valence-electron chi connectivity index (χ0n) is 8.21. The molecule has 0 aromatic heterocycles. The van der Waals surface area contributed by atoms with E-state index in [-0.39, 0.29) is 0 Å². The average Bonchev–Trinajstić information content (AvgIpc) is 2.25. The van der Waals surface area contributed by atoms with Crippen molar-refractivity contribution in [3.05, 3.63) is 35.9 Å². The van der Waals surface area contributed by atoms with Crippen molar-refractivity contribution in [1.29, 1.82) is 0 Å². The van der Waals surface area contributed by atoms with Crippen molar-refractivity contribution in [3.63, 3.8) is 0 Å². The van der Waals surface area contributed by atoms with Gasteiger partial charge in [0.25, 0.3) is 0 Å². The van der Waals surface area contributed by atoms with Gasteiger partial charge in [-0.25, -0.2) is 0 Å². The quantitative estimate of drug-likeness (QED) is 0.505. The Morgan fingerprint density at radius 3 is 2.50 bits per heavy atom. The zero-order valence-corrected chi connectivity index (χ0v) is 8.21. The van der Waals surface area contributed by atoms with Crippen molar-refractivity contribution in [2.45, 2.75) is 6.92 Å². The van der Waals surface area contributed by atoms with E-state index in [1.54, 1.807) is 6.92 Å². The van der Waals surface area contributed by atoms with Crippen LogP contribution >= 0.6 is 0 Å². The Labute approximate surface area is 85.1 Å². The molecule has 0 bridgehead atoms. The molecule has 0 aliphatic rings. The van der Waals surface area contributed by atoms with E-state index in [2.05, 4.69) is 23.7 Å². The zero-order chi connectivity index (χ0) is 10.1. The average molecular weight is 184 g/mol. The molecular formula is C13H12O. The smallest absolute Gasteiger partial charge is 0.109 e. The molecule has 0 amide bonds. The first-order valence-corrected chi connectivity index (χ1v) is 4.45. The van der Waals surface area contributed by atoms with Crippen molar-refractivity contribution in [1.82, 2.24) is 0 Å². The van der Waals surface area contributed by atoms with Gasteiger partial charge in [0, 0.05) is 5.56 Å². The van der Waals surface area contributed by atoms with Crippen LogP contribution in [0.2, 0.25) is 0 Å². The minimum Gasteiger partial charge on any atom is -0.356 e. The molecule has 0 saturated heterocycles. The third-order valence-electron chi connectivity index (χ3n) is 1.53. The van der Waals surface area contributed by atoms with Crippen LogP contribution < -0.4 is 0 Å². The maximum Gasteiger partial charge on any atom is 0.109 e. The van der Waals surface area contributed by atoms with Crippen LogP contribution in [0.15, 0.2) is 30.3 Å². The van der Waals surface area contributed by atoms with Gasteiger partial charge in [0.1, 0.15) is 13.2 Å². The number of rotatable bonds is 2. The number of ether oxygens (including phenoxy) is 1. The molecular weight excluding hydrogens is 172 g/mol. The highest BCUT2D eigenvalue weighted by Crippen LogP contribution is 1.94. The monoisotopic (exact) mass is 184 g/mol. The molecule has 1 heteroatoms. The van der Waals surface area contributed by atoms with E-state index < -0.39 is 0 Å². The summed E-state index contributed by atoms with van der Waals surface area (Å²) in [7, 11) is 0. The third kappa shape index (κ3) is 4.36. The van der Waals surface area contributed by atoms with E-state index in [1.807, 2.05) is 30.3 Å². The molecule has 0 N–H and O–H groups in total. The standard InChI is InChI=1S/C13H12O/c1-2-3-11-14-12-7-10-13-8-5-4-6-9-13/h4-6,8-9H,11-12H2,1H3. The second kappa shape index (κ2) is 6.78. The van der Waals surface area contributed by atoms with Gasteiger partial charge in [0.05, 0.1) is 0 Å². The summed E-state index contributed by atoms with van der Waals surface area (Å²) in [5.74, 6) is 11.5. The molecule has 0 radical (unpaired) electrons. The lowest BCUT2D eigenvalue weighted by atomic mass is 10.2. The second-order valence-electron chi connectivity index (χ2n) is 2.59. The van der Waals surface area contributed by atoms with Crippen LogP contribution in [0, 0.1) is 23.7 Å². The summed E-state index contributed by atoms with van der Waals surface area (Å²) < 4.78 is 5.15. The van der Waals surface area contributed by atoms with E-state index in [1.165, 1.54) is 0 Å². The fourth-order valence-corrected chi connectivity index (χ4v) is 0.885. The molecule has 14 heavy (non-hydrogen) atoms. The number of hydrogen-bond acceptors (Lipinski definition) is 1. The molecule has 1 rings (SSSR count). The maximum absolute atomic E-state index is 5.15. The Bertz CT molecular complexity index is 370. The van der Waals surface area contributed by atoms with E-state index >= 15 is 0 Å². The van der Waals surface area contributed by atoms with Gasteiger partial charge in [0.2, 0.25) is 0 Å². The predicted molar refractivity (Wildman–Crippen MR) is 57.6 cm³/mol. The third-order valence-corrected chi connectivity index (χ3v) is 1.53. The molecule has 1 aromatic rings.